The Kier molecular flexibility index (Phi) is 7.50. The molecule has 1 rings (SSSR count). The van der Waals surface area contributed by atoms with Crippen molar-refractivity contribution in [2.24, 2.45) is 0 Å². The molecule has 4 heteroatoms. The molecule has 84 valence electrons. The minimum atomic E-state index is 0.268. The van der Waals surface area contributed by atoms with Gasteiger partial charge in [0, 0.05) is 6.54 Å². The normalized spacial score (nSPS) is 22.5. The molecule has 0 aromatic carbocycles. The second-order valence-corrected chi connectivity index (χ2v) is 4.46. The Morgan fingerprint density at radius 1 is 1.36 bits per heavy atom. The summed E-state index contributed by atoms with van der Waals surface area (Å²) in [4.78, 5) is 0. The zero-order chi connectivity index (χ0) is 10.1. The van der Waals surface area contributed by atoms with Crippen LogP contribution in [-0.4, -0.2) is 51.0 Å². The summed E-state index contributed by atoms with van der Waals surface area (Å²) >= 11 is 1.92. The molecule has 14 heavy (non-hydrogen) atoms. The van der Waals surface area contributed by atoms with Crippen LogP contribution in [0.1, 0.15) is 12.8 Å². The Bertz CT molecular complexity index is 129. The van der Waals surface area contributed by atoms with E-state index in [-0.39, 0.29) is 6.10 Å². The van der Waals surface area contributed by atoms with Gasteiger partial charge in [-0.1, -0.05) is 0 Å². The summed E-state index contributed by atoms with van der Waals surface area (Å²) in [6.07, 6.45) is 4.98. The van der Waals surface area contributed by atoms with E-state index in [1.807, 2.05) is 11.8 Å². The molecule has 0 amide bonds. The van der Waals surface area contributed by atoms with E-state index in [2.05, 4.69) is 11.6 Å². The monoisotopic (exact) mass is 219 g/mol. The molecule has 1 N–H and O–H groups in total. The number of unbranched alkanes of at least 4 members (excludes halogenated alkanes) is 1. The first-order chi connectivity index (χ1) is 6.93. The van der Waals surface area contributed by atoms with Crippen molar-refractivity contribution >= 4 is 11.8 Å². The standard InChI is InChI=1S/C10H21NO2S/c1-14-7-3-2-4-11-8-10-9-12-5-6-13-10/h10-11H,2-9H2,1H3. The zero-order valence-corrected chi connectivity index (χ0v) is 9.78. The van der Waals surface area contributed by atoms with Crippen molar-refractivity contribution < 1.29 is 9.47 Å². The summed E-state index contributed by atoms with van der Waals surface area (Å²) in [6.45, 7) is 4.28. The van der Waals surface area contributed by atoms with Gasteiger partial charge >= 0.3 is 0 Å². The molecule has 0 aromatic rings. The Morgan fingerprint density at radius 3 is 3.00 bits per heavy atom. The highest BCUT2D eigenvalue weighted by Crippen LogP contribution is 2.00. The summed E-state index contributed by atoms with van der Waals surface area (Å²) in [5, 5.41) is 3.40. The highest BCUT2D eigenvalue weighted by molar-refractivity contribution is 7.98. The van der Waals surface area contributed by atoms with E-state index < -0.39 is 0 Å². The Labute approximate surface area is 90.9 Å². The SMILES string of the molecule is CSCCCCNCC1COCCO1. The summed E-state index contributed by atoms with van der Waals surface area (Å²) in [5.41, 5.74) is 0. The van der Waals surface area contributed by atoms with Crippen molar-refractivity contribution in [3.63, 3.8) is 0 Å². The molecule has 0 bridgehead atoms. The van der Waals surface area contributed by atoms with E-state index in [1.165, 1.54) is 18.6 Å². The van der Waals surface area contributed by atoms with Gasteiger partial charge < -0.3 is 14.8 Å². The maximum Gasteiger partial charge on any atom is 0.0933 e. The van der Waals surface area contributed by atoms with Gasteiger partial charge in [0.1, 0.15) is 0 Å². The molecule has 0 spiro atoms. The third kappa shape index (κ3) is 5.86. The van der Waals surface area contributed by atoms with Gasteiger partial charge in [-0.15, -0.1) is 0 Å². The van der Waals surface area contributed by atoms with Gasteiger partial charge in [-0.3, -0.25) is 0 Å². The molecule has 0 saturated carbocycles. The molecule has 1 saturated heterocycles. The highest BCUT2D eigenvalue weighted by Gasteiger charge is 2.12. The lowest BCUT2D eigenvalue weighted by Gasteiger charge is -2.23. The fraction of sp³-hybridized carbons (Fsp3) is 1.00. The average Bonchev–Trinajstić information content (AvgIpc) is 2.25. The number of nitrogens with one attached hydrogen (secondary N) is 1. The minimum absolute atomic E-state index is 0.268. The first-order valence-electron chi connectivity index (χ1n) is 5.32. The molecular formula is C10H21NO2S. The largest absolute Gasteiger partial charge is 0.376 e. The first kappa shape index (κ1) is 12.3. The molecule has 3 nitrogen and oxygen atoms in total. The van der Waals surface area contributed by atoms with Crippen LogP contribution in [0.2, 0.25) is 0 Å². The van der Waals surface area contributed by atoms with Gasteiger partial charge in [0.05, 0.1) is 25.9 Å². The van der Waals surface area contributed by atoms with E-state index in [0.717, 1.165) is 32.9 Å². The average molecular weight is 219 g/mol. The summed E-state index contributed by atoms with van der Waals surface area (Å²) in [5.74, 6) is 1.27. The number of hydrogen-bond donors (Lipinski definition) is 1. The van der Waals surface area contributed by atoms with Crippen molar-refractivity contribution in [2.45, 2.75) is 18.9 Å². The Balaban J connectivity index is 1.82. The van der Waals surface area contributed by atoms with Gasteiger partial charge in [0.15, 0.2) is 0 Å². The van der Waals surface area contributed by atoms with Crippen molar-refractivity contribution in [3.8, 4) is 0 Å². The quantitative estimate of drug-likeness (QED) is 0.650. The van der Waals surface area contributed by atoms with Gasteiger partial charge in [-0.05, 0) is 31.4 Å². The van der Waals surface area contributed by atoms with Crippen LogP contribution in [0.5, 0.6) is 0 Å². The van der Waals surface area contributed by atoms with Gasteiger partial charge in [-0.25, -0.2) is 0 Å². The second-order valence-electron chi connectivity index (χ2n) is 3.47. The summed E-state index contributed by atoms with van der Waals surface area (Å²) in [6, 6.07) is 0. The Morgan fingerprint density at radius 2 is 2.29 bits per heavy atom. The van der Waals surface area contributed by atoms with Crippen LogP contribution in [0, 0.1) is 0 Å². The van der Waals surface area contributed by atoms with Crippen molar-refractivity contribution in [3.05, 3.63) is 0 Å². The predicted molar refractivity (Wildman–Crippen MR) is 61.0 cm³/mol. The van der Waals surface area contributed by atoms with Gasteiger partial charge in [0.25, 0.3) is 0 Å². The molecule has 0 aliphatic carbocycles. The van der Waals surface area contributed by atoms with Crippen LogP contribution >= 0.6 is 11.8 Å². The maximum absolute atomic E-state index is 5.51. The molecule has 0 radical (unpaired) electrons. The van der Waals surface area contributed by atoms with Crippen LogP contribution in [0.15, 0.2) is 0 Å². The summed E-state index contributed by atoms with van der Waals surface area (Å²) < 4.78 is 10.8. The van der Waals surface area contributed by atoms with E-state index in [0.29, 0.717) is 0 Å². The molecular weight excluding hydrogens is 198 g/mol. The molecule has 1 heterocycles. The first-order valence-corrected chi connectivity index (χ1v) is 6.72. The van der Waals surface area contributed by atoms with E-state index in [4.69, 9.17) is 9.47 Å². The number of hydrogen-bond acceptors (Lipinski definition) is 4. The van der Waals surface area contributed by atoms with Gasteiger partial charge in [-0.2, -0.15) is 11.8 Å². The molecule has 0 aromatic heterocycles. The third-order valence-corrected chi connectivity index (χ3v) is 2.91. The lowest BCUT2D eigenvalue weighted by molar-refractivity contribution is -0.0862. The smallest absolute Gasteiger partial charge is 0.0933 e. The third-order valence-electron chi connectivity index (χ3n) is 2.21. The second kappa shape index (κ2) is 8.53. The maximum atomic E-state index is 5.51. The van der Waals surface area contributed by atoms with Crippen molar-refractivity contribution in [2.75, 3.05) is 44.9 Å². The zero-order valence-electron chi connectivity index (χ0n) is 8.96. The molecule has 1 atom stereocenters. The van der Waals surface area contributed by atoms with Gasteiger partial charge in [0.2, 0.25) is 0 Å². The van der Waals surface area contributed by atoms with E-state index >= 15 is 0 Å². The van der Waals surface area contributed by atoms with Crippen LogP contribution in [0.25, 0.3) is 0 Å². The van der Waals surface area contributed by atoms with Crippen molar-refractivity contribution in [1.29, 1.82) is 0 Å². The van der Waals surface area contributed by atoms with E-state index in [9.17, 15) is 0 Å². The highest BCUT2D eigenvalue weighted by atomic mass is 32.2. The predicted octanol–water partition coefficient (Wildman–Crippen LogP) is 1.13. The van der Waals surface area contributed by atoms with Crippen LogP contribution < -0.4 is 5.32 Å². The summed E-state index contributed by atoms with van der Waals surface area (Å²) in [7, 11) is 0. The topological polar surface area (TPSA) is 30.5 Å². The minimum Gasteiger partial charge on any atom is -0.376 e. The molecule has 1 aliphatic rings. The number of thioether (sulfide) groups is 1. The van der Waals surface area contributed by atoms with E-state index in [1.54, 1.807) is 0 Å². The van der Waals surface area contributed by atoms with Crippen LogP contribution in [0.4, 0.5) is 0 Å². The molecule has 1 fully saturated rings. The van der Waals surface area contributed by atoms with Crippen molar-refractivity contribution in [1.82, 2.24) is 5.32 Å². The Hall–Kier alpha value is 0.230. The number of rotatable bonds is 7. The number of ether oxygens (including phenoxy) is 2. The fourth-order valence-electron chi connectivity index (χ4n) is 1.41. The van der Waals surface area contributed by atoms with Crippen LogP contribution in [0.3, 0.4) is 0 Å². The lowest BCUT2D eigenvalue weighted by atomic mass is 10.3. The lowest BCUT2D eigenvalue weighted by Crippen LogP contribution is -2.37. The molecule has 1 aliphatic heterocycles. The fourth-order valence-corrected chi connectivity index (χ4v) is 1.91. The van der Waals surface area contributed by atoms with Crippen LogP contribution in [-0.2, 0) is 9.47 Å². The molecule has 1 unspecified atom stereocenters.